The number of nitrogens with zero attached hydrogens (tertiary/aromatic N) is 2. The maximum absolute atomic E-state index is 2.61. The Morgan fingerprint density at radius 1 is 0.680 bits per heavy atom. The van der Waals surface area contributed by atoms with Crippen LogP contribution in [-0.2, 0) is 13.1 Å². The normalized spacial score (nSPS) is 16.4. The molecule has 3 aromatic carbocycles. The van der Waals surface area contributed by atoms with E-state index < -0.39 is 0 Å². The molecule has 2 nitrogen and oxygen atoms in total. The van der Waals surface area contributed by atoms with E-state index in [1.807, 2.05) is 0 Å². The highest BCUT2D eigenvalue weighted by Gasteiger charge is 2.18. The number of piperazine rings is 1. The smallest absolute Gasteiger partial charge is 0.0243 e. The van der Waals surface area contributed by atoms with Crippen molar-refractivity contribution in [3.63, 3.8) is 0 Å². The van der Waals surface area contributed by atoms with Gasteiger partial charge in [0.25, 0.3) is 0 Å². The molecule has 0 radical (unpaired) electrons. The summed E-state index contributed by atoms with van der Waals surface area (Å²) >= 11 is 0. The quantitative estimate of drug-likeness (QED) is 0.696. The van der Waals surface area contributed by atoms with Crippen LogP contribution in [0.2, 0.25) is 0 Å². The van der Waals surface area contributed by atoms with Gasteiger partial charge in [-0.3, -0.25) is 9.80 Å². The second kappa shape index (κ2) is 7.38. The Morgan fingerprint density at radius 3 is 2.08 bits per heavy atom. The van der Waals surface area contributed by atoms with Gasteiger partial charge in [-0.1, -0.05) is 66.7 Å². The third kappa shape index (κ3) is 3.76. The van der Waals surface area contributed by atoms with Gasteiger partial charge in [-0.05, 0) is 34.4 Å². The first-order chi connectivity index (χ1) is 12.3. The second-order valence-corrected chi connectivity index (χ2v) is 7.12. The summed E-state index contributed by atoms with van der Waals surface area (Å²) in [6, 6.07) is 24.1. The van der Waals surface area contributed by atoms with Crippen molar-refractivity contribution in [3.05, 3.63) is 83.4 Å². The van der Waals surface area contributed by atoms with Crippen molar-refractivity contribution in [1.29, 1.82) is 0 Å². The first kappa shape index (κ1) is 16.3. The lowest BCUT2D eigenvalue weighted by Crippen LogP contribution is -2.45. The summed E-state index contributed by atoms with van der Waals surface area (Å²) < 4.78 is 0. The van der Waals surface area contributed by atoms with Gasteiger partial charge in [0.15, 0.2) is 0 Å². The van der Waals surface area contributed by atoms with Crippen LogP contribution in [0.15, 0.2) is 66.7 Å². The molecule has 0 aliphatic carbocycles. The lowest BCUT2D eigenvalue weighted by atomic mass is 9.99. The van der Waals surface area contributed by atoms with Gasteiger partial charge in [0.05, 0.1) is 0 Å². The fraction of sp³-hybridized carbons (Fsp3) is 0.304. The van der Waals surface area contributed by atoms with Gasteiger partial charge in [0.1, 0.15) is 0 Å². The zero-order valence-electron chi connectivity index (χ0n) is 15.0. The van der Waals surface area contributed by atoms with Crippen molar-refractivity contribution in [2.75, 3.05) is 26.2 Å². The van der Waals surface area contributed by atoms with Gasteiger partial charge >= 0.3 is 0 Å². The lowest BCUT2D eigenvalue weighted by Gasteiger charge is -2.35. The average Bonchev–Trinajstić information content (AvgIpc) is 2.66. The molecule has 0 unspecified atom stereocenters. The predicted octanol–water partition coefficient (Wildman–Crippen LogP) is 4.47. The molecule has 0 aromatic heterocycles. The van der Waals surface area contributed by atoms with E-state index in [0.29, 0.717) is 0 Å². The third-order valence-electron chi connectivity index (χ3n) is 5.37. The Bertz CT molecular complexity index is 833. The van der Waals surface area contributed by atoms with Crippen molar-refractivity contribution in [3.8, 4) is 0 Å². The first-order valence-electron chi connectivity index (χ1n) is 9.25. The molecule has 2 heteroatoms. The van der Waals surface area contributed by atoms with Gasteiger partial charge < -0.3 is 0 Å². The molecule has 1 heterocycles. The zero-order chi connectivity index (χ0) is 17.1. The van der Waals surface area contributed by atoms with Crippen LogP contribution < -0.4 is 0 Å². The summed E-state index contributed by atoms with van der Waals surface area (Å²) in [7, 11) is 0. The number of hydrogen-bond donors (Lipinski definition) is 0. The van der Waals surface area contributed by atoms with Crippen LogP contribution in [0.1, 0.15) is 16.7 Å². The molecule has 0 N–H and O–H groups in total. The highest BCUT2D eigenvalue weighted by molar-refractivity contribution is 5.86. The summed E-state index contributed by atoms with van der Waals surface area (Å²) in [6.07, 6.45) is 0. The molecule has 128 valence electrons. The average molecular weight is 330 g/mol. The first-order valence-corrected chi connectivity index (χ1v) is 9.25. The van der Waals surface area contributed by atoms with E-state index in [2.05, 4.69) is 83.5 Å². The predicted molar refractivity (Wildman–Crippen MR) is 106 cm³/mol. The van der Waals surface area contributed by atoms with Crippen LogP contribution in [0.5, 0.6) is 0 Å². The molecular weight excluding hydrogens is 304 g/mol. The van der Waals surface area contributed by atoms with Crippen LogP contribution in [0.3, 0.4) is 0 Å². The maximum Gasteiger partial charge on any atom is 0.0243 e. The van der Waals surface area contributed by atoms with E-state index in [9.17, 15) is 0 Å². The highest BCUT2D eigenvalue weighted by Crippen LogP contribution is 2.24. The molecule has 25 heavy (non-hydrogen) atoms. The number of fused-ring (bicyclic) bond motifs is 1. The molecule has 1 fully saturated rings. The number of rotatable bonds is 4. The molecule has 0 spiro atoms. The SMILES string of the molecule is Cc1ccc2ccccc2c1CN1CCN(Cc2ccccc2)CC1. The number of benzene rings is 3. The molecule has 3 aromatic rings. The van der Waals surface area contributed by atoms with Crippen molar-refractivity contribution in [1.82, 2.24) is 9.80 Å². The summed E-state index contributed by atoms with van der Waals surface area (Å²) in [4.78, 5) is 5.18. The molecule has 0 amide bonds. The lowest BCUT2D eigenvalue weighted by molar-refractivity contribution is 0.122. The molecule has 0 saturated carbocycles. The molecule has 0 atom stereocenters. The van der Waals surface area contributed by atoms with Gasteiger partial charge in [0, 0.05) is 39.3 Å². The summed E-state index contributed by atoms with van der Waals surface area (Å²) in [5, 5.41) is 2.76. The van der Waals surface area contributed by atoms with Crippen molar-refractivity contribution < 1.29 is 0 Å². The Morgan fingerprint density at radius 2 is 1.32 bits per heavy atom. The Labute approximate surface area is 150 Å². The molecule has 1 aliphatic heterocycles. The Kier molecular flexibility index (Phi) is 4.82. The van der Waals surface area contributed by atoms with Crippen LogP contribution in [0, 0.1) is 6.92 Å². The minimum absolute atomic E-state index is 1.06. The van der Waals surface area contributed by atoms with Gasteiger partial charge in [-0.15, -0.1) is 0 Å². The molecule has 4 rings (SSSR count). The van der Waals surface area contributed by atoms with Gasteiger partial charge in [-0.25, -0.2) is 0 Å². The number of hydrogen-bond acceptors (Lipinski definition) is 2. The van der Waals surface area contributed by atoms with E-state index in [1.54, 1.807) is 0 Å². The fourth-order valence-electron chi connectivity index (χ4n) is 3.83. The van der Waals surface area contributed by atoms with Crippen LogP contribution in [0.25, 0.3) is 10.8 Å². The molecular formula is C23H26N2. The van der Waals surface area contributed by atoms with Crippen LogP contribution >= 0.6 is 0 Å². The van der Waals surface area contributed by atoms with E-state index in [4.69, 9.17) is 0 Å². The highest BCUT2D eigenvalue weighted by atomic mass is 15.3. The van der Waals surface area contributed by atoms with E-state index in [1.165, 1.54) is 27.5 Å². The van der Waals surface area contributed by atoms with Crippen molar-refractivity contribution in [2.24, 2.45) is 0 Å². The minimum atomic E-state index is 1.06. The monoisotopic (exact) mass is 330 g/mol. The standard InChI is InChI=1S/C23H26N2/c1-19-11-12-21-9-5-6-10-22(21)23(19)18-25-15-13-24(14-16-25)17-20-7-3-2-4-8-20/h2-12H,13-18H2,1H3. The fourth-order valence-corrected chi connectivity index (χ4v) is 3.83. The maximum atomic E-state index is 2.61. The second-order valence-electron chi connectivity index (χ2n) is 7.12. The summed E-state index contributed by atoms with van der Waals surface area (Å²) in [5.41, 5.74) is 4.32. The van der Waals surface area contributed by atoms with Crippen molar-refractivity contribution in [2.45, 2.75) is 20.0 Å². The molecule has 1 saturated heterocycles. The minimum Gasteiger partial charge on any atom is -0.297 e. The molecule has 0 bridgehead atoms. The summed E-state index contributed by atoms with van der Waals surface area (Å²) in [5.74, 6) is 0. The topological polar surface area (TPSA) is 6.48 Å². The molecule has 1 aliphatic rings. The summed E-state index contributed by atoms with van der Waals surface area (Å²) in [6.45, 7) is 8.98. The third-order valence-corrected chi connectivity index (χ3v) is 5.37. The van der Waals surface area contributed by atoms with Crippen LogP contribution in [0.4, 0.5) is 0 Å². The van der Waals surface area contributed by atoms with Gasteiger partial charge in [0.2, 0.25) is 0 Å². The zero-order valence-corrected chi connectivity index (χ0v) is 15.0. The Hall–Kier alpha value is -2.16. The van der Waals surface area contributed by atoms with Crippen LogP contribution in [-0.4, -0.2) is 36.0 Å². The Balaban J connectivity index is 1.41. The van der Waals surface area contributed by atoms with Crippen molar-refractivity contribution >= 4 is 10.8 Å². The van der Waals surface area contributed by atoms with E-state index in [0.717, 1.165) is 39.3 Å². The number of aryl methyl sites for hydroxylation is 1. The largest absolute Gasteiger partial charge is 0.297 e. The van der Waals surface area contributed by atoms with Gasteiger partial charge in [-0.2, -0.15) is 0 Å². The van der Waals surface area contributed by atoms with E-state index in [-0.39, 0.29) is 0 Å². The van der Waals surface area contributed by atoms with E-state index >= 15 is 0 Å².